The summed E-state index contributed by atoms with van der Waals surface area (Å²) in [6, 6.07) is 13.6. The second-order valence-electron chi connectivity index (χ2n) is 4.04. The van der Waals surface area contributed by atoms with Gasteiger partial charge in [0.05, 0.1) is 10.9 Å². The van der Waals surface area contributed by atoms with Crippen LogP contribution in [0.1, 0.15) is 28.2 Å². The molecule has 1 heterocycles. The van der Waals surface area contributed by atoms with Crippen LogP contribution in [0.2, 0.25) is 0 Å². The Bertz CT molecular complexity index is 552. The summed E-state index contributed by atoms with van der Waals surface area (Å²) in [5.41, 5.74) is 1.12. The molecule has 2 aromatic rings. The zero-order chi connectivity index (χ0) is 13.7. The van der Waals surface area contributed by atoms with Crippen molar-refractivity contribution in [2.75, 3.05) is 0 Å². The van der Waals surface area contributed by atoms with Gasteiger partial charge in [0.25, 0.3) is 5.91 Å². The first-order chi connectivity index (χ1) is 9.16. The molecule has 19 heavy (non-hydrogen) atoms. The van der Waals surface area contributed by atoms with E-state index in [2.05, 4.69) is 10.6 Å². The zero-order valence-electron chi connectivity index (χ0n) is 10.4. The van der Waals surface area contributed by atoms with Crippen molar-refractivity contribution >= 4 is 34.6 Å². The molecule has 0 saturated heterocycles. The Morgan fingerprint density at radius 3 is 2.58 bits per heavy atom. The van der Waals surface area contributed by atoms with Gasteiger partial charge in [0.1, 0.15) is 0 Å². The molecule has 0 spiro atoms. The Labute approximate surface area is 121 Å². The van der Waals surface area contributed by atoms with E-state index in [9.17, 15) is 4.79 Å². The number of thiocarbonyl (C=S) groups is 1. The van der Waals surface area contributed by atoms with Gasteiger partial charge in [0, 0.05) is 0 Å². The zero-order valence-corrected chi connectivity index (χ0v) is 12.1. The van der Waals surface area contributed by atoms with Crippen molar-refractivity contribution < 1.29 is 4.79 Å². The lowest BCUT2D eigenvalue weighted by atomic mass is 10.1. The average Bonchev–Trinajstić information content (AvgIpc) is 2.93. The summed E-state index contributed by atoms with van der Waals surface area (Å²) in [5.74, 6) is -0.173. The number of rotatable bonds is 3. The van der Waals surface area contributed by atoms with Crippen LogP contribution in [0.3, 0.4) is 0 Å². The van der Waals surface area contributed by atoms with Gasteiger partial charge in [-0.25, -0.2) is 0 Å². The molecule has 5 heteroatoms. The number of hydrogen-bond acceptors (Lipinski definition) is 3. The fourth-order valence-corrected chi connectivity index (χ4v) is 2.52. The first-order valence-corrected chi connectivity index (χ1v) is 7.16. The number of hydrogen-bond donors (Lipinski definition) is 2. The molecule has 1 atom stereocenters. The van der Waals surface area contributed by atoms with Gasteiger partial charge < -0.3 is 5.32 Å². The third-order valence-corrected chi connectivity index (χ3v) is 3.71. The molecule has 0 unspecified atom stereocenters. The predicted octanol–water partition coefficient (Wildman–Crippen LogP) is 3.11. The maximum absolute atomic E-state index is 11.8. The number of thiophene rings is 1. The molecule has 1 amide bonds. The minimum atomic E-state index is -0.173. The molecule has 1 aromatic carbocycles. The van der Waals surface area contributed by atoms with Crippen LogP contribution in [-0.2, 0) is 0 Å². The lowest BCUT2D eigenvalue weighted by molar-refractivity contribution is 0.0980. The summed E-state index contributed by atoms with van der Waals surface area (Å²) in [7, 11) is 0. The van der Waals surface area contributed by atoms with Crippen molar-refractivity contribution in [3.05, 3.63) is 58.3 Å². The Kier molecular flexibility index (Phi) is 4.65. The van der Waals surface area contributed by atoms with Gasteiger partial charge in [-0.05, 0) is 36.2 Å². The molecule has 0 fully saturated rings. The van der Waals surface area contributed by atoms with Gasteiger partial charge in [0.2, 0.25) is 0 Å². The standard InChI is InChI=1S/C14H14N2OS2/c1-10(11-6-3-2-4-7-11)15-14(18)16-13(17)12-8-5-9-19-12/h2-10H,1H3,(H2,15,16,17,18)/t10-/m0/s1. The van der Waals surface area contributed by atoms with E-state index in [1.54, 1.807) is 6.07 Å². The second kappa shape index (κ2) is 6.45. The molecular formula is C14H14N2OS2. The molecule has 0 aliphatic heterocycles. The van der Waals surface area contributed by atoms with E-state index in [-0.39, 0.29) is 11.9 Å². The summed E-state index contributed by atoms with van der Waals surface area (Å²) in [4.78, 5) is 12.5. The summed E-state index contributed by atoms with van der Waals surface area (Å²) < 4.78 is 0. The Balaban J connectivity index is 1.90. The monoisotopic (exact) mass is 290 g/mol. The minimum absolute atomic E-state index is 0.0531. The number of carbonyl (C=O) groups excluding carboxylic acids is 1. The first kappa shape index (κ1) is 13.7. The maximum atomic E-state index is 11.8. The van der Waals surface area contributed by atoms with E-state index >= 15 is 0 Å². The van der Waals surface area contributed by atoms with Crippen LogP contribution in [0, 0.1) is 0 Å². The molecule has 1 aromatic heterocycles. The molecule has 0 radical (unpaired) electrons. The molecule has 0 aliphatic carbocycles. The first-order valence-electron chi connectivity index (χ1n) is 5.87. The summed E-state index contributed by atoms with van der Waals surface area (Å²) in [5, 5.41) is 7.97. The van der Waals surface area contributed by atoms with Gasteiger partial charge in [-0.3, -0.25) is 10.1 Å². The van der Waals surface area contributed by atoms with E-state index in [0.717, 1.165) is 5.56 Å². The van der Waals surface area contributed by atoms with E-state index < -0.39 is 0 Å². The number of nitrogens with one attached hydrogen (secondary N) is 2. The van der Waals surface area contributed by atoms with Gasteiger partial charge in [-0.1, -0.05) is 36.4 Å². The summed E-state index contributed by atoms with van der Waals surface area (Å²) in [6.45, 7) is 2.00. The smallest absolute Gasteiger partial charge is 0.267 e. The average molecular weight is 290 g/mol. The van der Waals surface area contributed by atoms with Crippen LogP contribution in [0.5, 0.6) is 0 Å². The molecule has 0 aliphatic rings. The third kappa shape index (κ3) is 3.87. The Morgan fingerprint density at radius 2 is 1.95 bits per heavy atom. The fourth-order valence-electron chi connectivity index (χ4n) is 1.63. The molecule has 98 valence electrons. The van der Waals surface area contributed by atoms with Crippen LogP contribution in [0.4, 0.5) is 0 Å². The van der Waals surface area contributed by atoms with Crippen molar-refractivity contribution in [2.24, 2.45) is 0 Å². The molecule has 0 saturated carbocycles. The van der Waals surface area contributed by atoms with Gasteiger partial charge in [-0.2, -0.15) is 0 Å². The minimum Gasteiger partial charge on any atom is -0.356 e. The lowest BCUT2D eigenvalue weighted by Gasteiger charge is -2.16. The normalized spacial score (nSPS) is 11.6. The van der Waals surface area contributed by atoms with Gasteiger partial charge >= 0.3 is 0 Å². The van der Waals surface area contributed by atoms with Crippen LogP contribution < -0.4 is 10.6 Å². The van der Waals surface area contributed by atoms with E-state index in [0.29, 0.717) is 9.99 Å². The fraction of sp³-hybridized carbons (Fsp3) is 0.143. The Hall–Kier alpha value is -1.72. The van der Waals surface area contributed by atoms with Crippen molar-refractivity contribution in [3.63, 3.8) is 0 Å². The SMILES string of the molecule is C[C@H](NC(=S)NC(=O)c1cccs1)c1ccccc1. The van der Waals surface area contributed by atoms with Gasteiger partial charge in [-0.15, -0.1) is 11.3 Å². The summed E-state index contributed by atoms with van der Waals surface area (Å²) >= 11 is 6.53. The highest BCUT2D eigenvalue weighted by Crippen LogP contribution is 2.11. The van der Waals surface area contributed by atoms with Crippen LogP contribution in [0.15, 0.2) is 47.8 Å². The van der Waals surface area contributed by atoms with Crippen molar-refractivity contribution in [1.82, 2.24) is 10.6 Å². The number of benzene rings is 1. The van der Waals surface area contributed by atoms with E-state index in [1.807, 2.05) is 48.7 Å². The highest BCUT2D eigenvalue weighted by molar-refractivity contribution is 7.80. The number of carbonyl (C=O) groups is 1. The quantitative estimate of drug-likeness (QED) is 0.853. The second-order valence-corrected chi connectivity index (χ2v) is 5.39. The highest BCUT2D eigenvalue weighted by Gasteiger charge is 2.11. The maximum Gasteiger partial charge on any atom is 0.267 e. The predicted molar refractivity (Wildman–Crippen MR) is 82.4 cm³/mol. The molecule has 0 bridgehead atoms. The Morgan fingerprint density at radius 1 is 1.21 bits per heavy atom. The third-order valence-electron chi connectivity index (χ3n) is 2.62. The molecular weight excluding hydrogens is 276 g/mol. The molecule has 2 rings (SSSR count). The van der Waals surface area contributed by atoms with E-state index in [4.69, 9.17) is 12.2 Å². The van der Waals surface area contributed by atoms with E-state index in [1.165, 1.54) is 11.3 Å². The topological polar surface area (TPSA) is 41.1 Å². The molecule has 2 N–H and O–H groups in total. The van der Waals surface area contributed by atoms with Crippen molar-refractivity contribution in [3.8, 4) is 0 Å². The number of amides is 1. The van der Waals surface area contributed by atoms with Crippen molar-refractivity contribution in [1.29, 1.82) is 0 Å². The van der Waals surface area contributed by atoms with Crippen molar-refractivity contribution in [2.45, 2.75) is 13.0 Å². The van der Waals surface area contributed by atoms with Crippen LogP contribution in [-0.4, -0.2) is 11.0 Å². The van der Waals surface area contributed by atoms with Gasteiger partial charge in [0.15, 0.2) is 5.11 Å². The highest BCUT2D eigenvalue weighted by atomic mass is 32.1. The van der Waals surface area contributed by atoms with Crippen LogP contribution >= 0.6 is 23.6 Å². The molecule has 3 nitrogen and oxygen atoms in total. The largest absolute Gasteiger partial charge is 0.356 e. The van der Waals surface area contributed by atoms with Crippen LogP contribution in [0.25, 0.3) is 0 Å². The lowest BCUT2D eigenvalue weighted by Crippen LogP contribution is -2.40. The summed E-state index contributed by atoms with van der Waals surface area (Å²) in [6.07, 6.45) is 0.